The number of quaternary nitrogens is 1. The van der Waals surface area contributed by atoms with Crippen molar-refractivity contribution in [2.24, 2.45) is 0 Å². The normalized spacial score (nSPS) is 14.2. The molecule has 0 aliphatic rings. The molecular formula is C77H135N2O7P. The standard InChI is InChI=1S/C77H135N2O7P/c1-7-10-13-16-19-22-25-28-30-32-34-36-38-39-41-42-44-46-48-51-54-57-60-63-66-69-76(80)78-74(73-85-87(82,83)84-72-71-79(4,5)6)75(68-65-62-59-56-53-50-27-24-21-18-15-12-9-3)86-77(81)70-67-64-61-58-55-52-49-47-45-43-40-37-35-33-31-29-26-23-20-17-14-11-8-2/h11,14,19-20,22-23,28-31,34-37,39,41,43,45,65,68,74-75H,7-10,12-13,15-18,21,24-27,32-33,38,40,42,44,46-64,66-67,69-73H2,1-6H3,(H-,78,80,82,83)/b14-11-,22-19-,23-20-,30-28-,31-29-,36-34-,37-35-,41-39-,45-43-,68-65+. The van der Waals surface area contributed by atoms with Crippen molar-refractivity contribution < 1.29 is 37.3 Å². The van der Waals surface area contributed by atoms with Gasteiger partial charge in [0, 0.05) is 12.8 Å². The largest absolute Gasteiger partial charge is 0.756 e. The molecule has 0 saturated carbocycles. The zero-order valence-corrected chi connectivity index (χ0v) is 58.1. The summed E-state index contributed by atoms with van der Waals surface area (Å²) in [4.78, 5) is 40.2. The topological polar surface area (TPSA) is 114 Å². The minimum absolute atomic E-state index is 0.0313. The van der Waals surface area contributed by atoms with Gasteiger partial charge in [-0.15, -0.1) is 0 Å². The molecule has 1 amide bonds. The summed E-state index contributed by atoms with van der Waals surface area (Å²) >= 11 is 0. The molecule has 87 heavy (non-hydrogen) atoms. The van der Waals surface area contributed by atoms with Crippen LogP contribution in [0.5, 0.6) is 0 Å². The van der Waals surface area contributed by atoms with Crippen LogP contribution in [0, 0.1) is 0 Å². The number of ether oxygens (including phenoxy) is 1. The molecule has 3 atom stereocenters. The Morgan fingerprint density at radius 2 is 0.736 bits per heavy atom. The SMILES string of the molecule is CC/C=C\C/C=C\C/C=C\C/C=C\C/C=C\CCCCCCCCCC(=O)OC(/C=C/CCCCCCCCCCCCC)C(COP(=O)([O-])OCC[N+](C)(C)C)NC(=O)CCCCCCCCCCC/C=C\C/C=C\C/C=C\C/C=C\CCCCC. The molecule has 9 nitrogen and oxygen atoms in total. The second-order valence-electron chi connectivity index (χ2n) is 25.0. The van der Waals surface area contributed by atoms with E-state index < -0.39 is 26.6 Å². The van der Waals surface area contributed by atoms with Gasteiger partial charge in [0.2, 0.25) is 5.91 Å². The van der Waals surface area contributed by atoms with E-state index in [1.807, 2.05) is 33.3 Å². The number of phosphoric ester groups is 1. The van der Waals surface area contributed by atoms with Crippen molar-refractivity contribution in [2.75, 3.05) is 40.9 Å². The van der Waals surface area contributed by atoms with Crippen molar-refractivity contribution >= 4 is 19.7 Å². The summed E-state index contributed by atoms with van der Waals surface area (Å²) in [5.74, 6) is -0.561. The molecule has 3 unspecified atom stereocenters. The third kappa shape index (κ3) is 66.7. The maximum Gasteiger partial charge on any atom is 0.306 e. The number of nitrogens with one attached hydrogen (secondary N) is 1. The molecule has 0 aromatic carbocycles. The van der Waals surface area contributed by atoms with Gasteiger partial charge in [0.25, 0.3) is 7.82 Å². The van der Waals surface area contributed by atoms with E-state index in [4.69, 9.17) is 13.8 Å². The Balaban J connectivity index is 5.16. The van der Waals surface area contributed by atoms with Gasteiger partial charge in [0.1, 0.15) is 19.3 Å². The van der Waals surface area contributed by atoms with E-state index >= 15 is 0 Å². The number of likely N-dealkylation sites (N-methyl/N-ethyl adjacent to an activating group) is 1. The highest BCUT2D eigenvalue weighted by molar-refractivity contribution is 7.45. The molecule has 0 aromatic rings. The van der Waals surface area contributed by atoms with Crippen LogP contribution in [-0.4, -0.2) is 69.4 Å². The van der Waals surface area contributed by atoms with Crippen LogP contribution in [0.4, 0.5) is 0 Å². The Kier molecular flexibility index (Phi) is 62.7. The minimum atomic E-state index is -4.72. The van der Waals surface area contributed by atoms with Gasteiger partial charge in [0.15, 0.2) is 0 Å². The van der Waals surface area contributed by atoms with Crippen LogP contribution in [0.2, 0.25) is 0 Å². The second kappa shape index (κ2) is 65.4. The fourth-order valence-electron chi connectivity index (χ4n) is 9.89. The summed E-state index contributed by atoms with van der Waals surface area (Å²) in [7, 11) is 1.16. The first-order chi connectivity index (χ1) is 42.4. The number of carbonyl (C=O) groups excluding carboxylic acids is 2. The van der Waals surface area contributed by atoms with E-state index in [0.717, 1.165) is 128 Å². The van der Waals surface area contributed by atoms with Gasteiger partial charge in [-0.05, 0) is 122 Å². The number of nitrogens with zero attached hydrogens (tertiary/aromatic N) is 1. The van der Waals surface area contributed by atoms with Gasteiger partial charge in [0.05, 0.1) is 33.8 Å². The summed E-state index contributed by atoms with van der Waals surface area (Å²) in [5, 5.41) is 3.04. The lowest BCUT2D eigenvalue weighted by Gasteiger charge is -2.30. The Morgan fingerprint density at radius 1 is 0.414 bits per heavy atom. The summed E-state index contributed by atoms with van der Waals surface area (Å²) in [6.07, 6.45) is 91.7. The predicted octanol–water partition coefficient (Wildman–Crippen LogP) is 22.4. The lowest BCUT2D eigenvalue weighted by atomic mass is 10.0. The molecule has 10 heteroatoms. The van der Waals surface area contributed by atoms with E-state index in [-0.39, 0.29) is 24.9 Å². The number of hydrogen-bond donors (Lipinski definition) is 1. The lowest BCUT2D eigenvalue weighted by molar-refractivity contribution is -0.870. The molecule has 0 bridgehead atoms. The van der Waals surface area contributed by atoms with Gasteiger partial charge in [-0.25, -0.2) is 0 Å². The average molecular weight is 1230 g/mol. The molecule has 0 radical (unpaired) electrons. The first-order valence-electron chi connectivity index (χ1n) is 35.8. The summed E-state index contributed by atoms with van der Waals surface area (Å²) < 4.78 is 30.5. The van der Waals surface area contributed by atoms with Crippen LogP contribution in [0.25, 0.3) is 0 Å². The molecule has 0 saturated heterocycles. The zero-order valence-electron chi connectivity index (χ0n) is 57.2. The number of esters is 1. The number of allylic oxidation sites excluding steroid dienone is 19. The van der Waals surface area contributed by atoms with Crippen molar-refractivity contribution in [2.45, 2.75) is 315 Å². The van der Waals surface area contributed by atoms with Gasteiger partial charge < -0.3 is 28.5 Å². The summed E-state index contributed by atoms with van der Waals surface area (Å²) in [6.45, 7) is 6.70. The molecule has 0 aliphatic carbocycles. The first kappa shape index (κ1) is 83.4. The van der Waals surface area contributed by atoms with Gasteiger partial charge in [-0.2, -0.15) is 0 Å². The lowest BCUT2D eigenvalue weighted by Crippen LogP contribution is -2.47. The molecule has 500 valence electrons. The number of carbonyl (C=O) groups is 2. The monoisotopic (exact) mass is 1230 g/mol. The third-order valence-electron chi connectivity index (χ3n) is 15.4. The Labute approximate surface area is 537 Å². The third-order valence-corrected chi connectivity index (χ3v) is 16.3. The molecule has 0 heterocycles. The van der Waals surface area contributed by atoms with Crippen LogP contribution >= 0.6 is 7.82 Å². The quantitative estimate of drug-likeness (QED) is 0.0212. The Morgan fingerprint density at radius 3 is 1.13 bits per heavy atom. The van der Waals surface area contributed by atoms with Crippen LogP contribution < -0.4 is 10.2 Å². The van der Waals surface area contributed by atoms with E-state index in [2.05, 4.69) is 135 Å². The molecule has 0 spiro atoms. The Bertz CT molecular complexity index is 1900. The number of hydrogen-bond acceptors (Lipinski definition) is 7. The molecule has 0 aromatic heterocycles. The molecule has 0 rings (SSSR count). The van der Waals surface area contributed by atoms with Crippen molar-refractivity contribution in [1.29, 1.82) is 0 Å². The number of phosphoric acid groups is 1. The molecular weight excluding hydrogens is 1100 g/mol. The van der Waals surface area contributed by atoms with E-state index in [9.17, 15) is 19.0 Å². The molecule has 0 aliphatic heterocycles. The number of amides is 1. The predicted molar refractivity (Wildman–Crippen MR) is 376 cm³/mol. The van der Waals surface area contributed by atoms with E-state index in [1.165, 1.54) is 135 Å². The minimum Gasteiger partial charge on any atom is -0.756 e. The maximum absolute atomic E-state index is 13.6. The van der Waals surface area contributed by atoms with Crippen molar-refractivity contribution in [3.05, 3.63) is 122 Å². The van der Waals surface area contributed by atoms with Crippen LogP contribution in [0.3, 0.4) is 0 Å². The fraction of sp³-hybridized carbons (Fsp3) is 0.714. The highest BCUT2D eigenvalue weighted by atomic mass is 31.2. The zero-order chi connectivity index (χ0) is 63.5. The summed E-state index contributed by atoms with van der Waals surface area (Å²) in [6, 6.07) is -0.906. The van der Waals surface area contributed by atoms with Crippen LogP contribution in [-0.2, 0) is 27.9 Å². The highest BCUT2D eigenvalue weighted by Crippen LogP contribution is 2.38. The average Bonchev–Trinajstić information content (AvgIpc) is 3.70. The second-order valence-corrected chi connectivity index (χ2v) is 26.4. The van der Waals surface area contributed by atoms with Gasteiger partial charge in [-0.1, -0.05) is 290 Å². The smallest absolute Gasteiger partial charge is 0.306 e. The summed E-state index contributed by atoms with van der Waals surface area (Å²) in [5.41, 5.74) is 0. The van der Waals surface area contributed by atoms with E-state index in [1.54, 1.807) is 0 Å². The fourth-order valence-corrected chi connectivity index (χ4v) is 10.6. The number of unbranched alkanes of at least 4 members (excludes halogenated alkanes) is 30. The van der Waals surface area contributed by atoms with Gasteiger partial charge >= 0.3 is 5.97 Å². The van der Waals surface area contributed by atoms with Crippen molar-refractivity contribution in [3.63, 3.8) is 0 Å². The first-order valence-corrected chi connectivity index (χ1v) is 37.3. The van der Waals surface area contributed by atoms with Crippen molar-refractivity contribution in [3.8, 4) is 0 Å². The molecule has 1 N–H and O–H groups in total. The maximum atomic E-state index is 13.6. The number of rotatable bonds is 64. The van der Waals surface area contributed by atoms with Crippen LogP contribution in [0.1, 0.15) is 303 Å². The highest BCUT2D eigenvalue weighted by Gasteiger charge is 2.27. The van der Waals surface area contributed by atoms with Crippen LogP contribution in [0.15, 0.2) is 122 Å². The van der Waals surface area contributed by atoms with Gasteiger partial charge in [-0.3, -0.25) is 14.2 Å². The Hall–Kier alpha value is -3.59. The van der Waals surface area contributed by atoms with E-state index in [0.29, 0.717) is 23.9 Å². The molecule has 0 fully saturated rings. The van der Waals surface area contributed by atoms with Crippen molar-refractivity contribution in [1.82, 2.24) is 5.32 Å².